The number of nitrogens with one attached hydrogen (secondary N) is 1. The highest BCUT2D eigenvalue weighted by atomic mass is 79.9. The molecular formula is C16H14BrN3OS. The second-order valence-corrected chi connectivity index (χ2v) is 7.08. The Morgan fingerprint density at radius 1 is 1.23 bits per heavy atom. The van der Waals surface area contributed by atoms with Crippen molar-refractivity contribution < 1.29 is 4.79 Å². The molecule has 0 aliphatic carbocycles. The van der Waals surface area contributed by atoms with E-state index in [1.54, 1.807) is 6.07 Å². The van der Waals surface area contributed by atoms with Gasteiger partial charge in [-0.25, -0.2) is 4.98 Å². The molecular weight excluding hydrogens is 362 g/mol. The van der Waals surface area contributed by atoms with Crippen LogP contribution in [0.1, 0.15) is 21.5 Å². The largest absolute Gasteiger partial charge is 0.375 e. The van der Waals surface area contributed by atoms with E-state index in [-0.39, 0.29) is 5.91 Å². The number of hydrogen-bond donors (Lipinski definition) is 2. The summed E-state index contributed by atoms with van der Waals surface area (Å²) in [5, 5.41) is 3.49. The lowest BCUT2D eigenvalue weighted by atomic mass is 10.1. The monoisotopic (exact) mass is 375 g/mol. The number of nitrogens with two attached hydrogens (primary N) is 1. The zero-order chi connectivity index (χ0) is 15.9. The van der Waals surface area contributed by atoms with E-state index in [4.69, 9.17) is 5.73 Å². The highest BCUT2D eigenvalue weighted by Crippen LogP contribution is 2.27. The molecule has 0 radical (unpaired) electrons. The van der Waals surface area contributed by atoms with Gasteiger partial charge in [0.1, 0.15) is 0 Å². The first kappa shape index (κ1) is 15.0. The molecule has 1 aromatic heterocycles. The topological polar surface area (TPSA) is 68.0 Å². The first-order valence-electron chi connectivity index (χ1n) is 6.68. The number of anilines is 2. The van der Waals surface area contributed by atoms with Crippen molar-refractivity contribution in [3.8, 4) is 0 Å². The Hall–Kier alpha value is -1.92. The van der Waals surface area contributed by atoms with Crippen LogP contribution in [0.15, 0.2) is 34.8 Å². The van der Waals surface area contributed by atoms with Gasteiger partial charge >= 0.3 is 0 Å². The maximum absolute atomic E-state index is 12.5. The molecule has 0 spiro atoms. The smallest absolute Gasteiger partial charge is 0.255 e. The molecule has 3 N–H and O–H groups in total. The summed E-state index contributed by atoms with van der Waals surface area (Å²) < 4.78 is 1.91. The zero-order valence-corrected chi connectivity index (χ0v) is 14.5. The van der Waals surface area contributed by atoms with E-state index in [1.807, 2.05) is 38.1 Å². The summed E-state index contributed by atoms with van der Waals surface area (Å²) in [5.41, 5.74) is 9.99. The second kappa shape index (κ2) is 5.70. The van der Waals surface area contributed by atoms with E-state index in [2.05, 4.69) is 26.2 Å². The van der Waals surface area contributed by atoms with Crippen LogP contribution in [0.25, 0.3) is 10.2 Å². The molecule has 22 heavy (non-hydrogen) atoms. The number of carbonyl (C=O) groups excluding carboxylic acids is 1. The van der Waals surface area contributed by atoms with Gasteiger partial charge in [0.15, 0.2) is 5.13 Å². The van der Waals surface area contributed by atoms with Gasteiger partial charge < -0.3 is 11.1 Å². The summed E-state index contributed by atoms with van der Waals surface area (Å²) in [6.07, 6.45) is 0. The predicted octanol–water partition coefficient (Wildman–Crippen LogP) is 4.51. The van der Waals surface area contributed by atoms with E-state index >= 15 is 0 Å². The molecule has 112 valence electrons. The third-order valence-electron chi connectivity index (χ3n) is 3.40. The summed E-state index contributed by atoms with van der Waals surface area (Å²) in [5.74, 6) is -0.137. The number of benzene rings is 2. The molecule has 0 saturated heterocycles. The van der Waals surface area contributed by atoms with Gasteiger partial charge in [0, 0.05) is 15.7 Å². The summed E-state index contributed by atoms with van der Waals surface area (Å²) in [4.78, 5) is 16.7. The number of rotatable bonds is 2. The van der Waals surface area contributed by atoms with Crippen molar-refractivity contribution in [3.05, 3.63) is 51.5 Å². The maximum atomic E-state index is 12.5. The molecule has 0 atom stereocenters. The Morgan fingerprint density at radius 2 is 1.91 bits per heavy atom. The molecule has 2 aromatic carbocycles. The van der Waals surface area contributed by atoms with Crippen molar-refractivity contribution in [3.63, 3.8) is 0 Å². The average Bonchev–Trinajstić information content (AvgIpc) is 2.81. The van der Waals surface area contributed by atoms with Gasteiger partial charge in [0.2, 0.25) is 0 Å². The number of amides is 1. The molecule has 0 aliphatic rings. The molecule has 3 rings (SSSR count). The van der Waals surface area contributed by atoms with Gasteiger partial charge in [-0.05, 0) is 55.3 Å². The van der Waals surface area contributed by atoms with Gasteiger partial charge in [0.05, 0.1) is 10.2 Å². The fourth-order valence-corrected chi connectivity index (χ4v) is 3.84. The van der Waals surface area contributed by atoms with Crippen molar-refractivity contribution in [1.29, 1.82) is 0 Å². The Labute approximate surface area is 140 Å². The molecule has 1 amide bonds. The van der Waals surface area contributed by atoms with Crippen molar-refractivity contribution in [2.45, 2.75) is 13.8 Å². The van der Waals surface area contributed by atoms with Crippen LogP contribution in [0.2, 0.25) is 0 Å². The van der Waals surface area contributed by atoms with Crippen LogP contribution in [0.4, 0.5) is 10.8 Å². The molecule has 3 aromatic rings. The van der Waals surface area contributed by atoms with E-state index < -0.39 is 0 Å². The van der Waals surface area contributed by atoms with Gasteiger partial charge in [-0.2, -0.15) is 0 Å². The molecule has 4 nitrogen and oxygen atoms in total. The number of thiazole rings is 1. The van der Waals surface area contributed by atoms with E-state index in [9.17, 15) is 4.79 Å². The third-order valence-corrected chi connectivity index (χ3v) is 4.71. The van der Waals surface area contributed by atoms with Gasteiger partial charge in [-0.1, -0.05) is 27.3 Å². The van der Waals surface area contributed by atoms with Gasteiger partial charge in [-0.3, -0.25) is 4.79 Å². The number of carbonyl (C=O) groups is 1. The lowest BCUT2D eigenvalue weighted by molar-refractivity contribution is 0.102. The van der Waals surface area contributed by atoms with E-state index in [1.165, 1.54) is 11.3 Å². The lowest BCUT2D eigenvalue weighted by Gasteiger charge is -2.12. The first-order chi connectivity index (χ1) is 10.4. The first-order valence-corrected chi connectivity index (χ1v) is 8.29. The average molecular weight is 376 g/mol. The molecule has 0 bridgehead atoms. The predicted molar refractivity (Wildman–Crippen MR) is 95.6 cm³/mol. The maximum Gasteiger partial charge on any atom is 0.255 e. The Bertz CT molecular complexity index is 865. The summed E-state index contributed by atoms with van der Waals surface area (Å²) in [6.45, 7) is 3.95. The highest BCUT2D eigenvalue weighted by molar-refractivity contribution is 9.10. The minimum Gasteiger partial charge on any atom is -0.375 e. The summed E-state index contributed by atoms with van der Waals surface area (Å²) in [6, 6.07) is 9.37. The number of halogens is 1. The van der Waals surface area contributed by atoms with Gasteiger partial charge in [-0.15, -0.1) is 0 Å². The number of aryl methyl sites for hydroxylation is 2. The molecule has 6 heteroatoms. The van der Waals surface area contributed by atoms with Crippen molar-refractivity contribution in [1.82, 2.24) is 4.98 Å². The molecule has 0 unspecified atom stereocenters. The number of nitrogens with zero attached hydrogens (tertiary/aromatic N) is 1. The fourth-order valence-electron chi connectivity index (χ4n) is 2.38. The van der Waals surface area contributed by atoms with Crippen molar-refractivity contribution in [2.24, 2.45) is 0 Å². The fraction of sp³-hybridized carbons (Fsp3) is 0.125. The third kappa shape index (κ3) is 2.84. The summed E-state index contributed by atoms with van der Waals surface area (Å²) >= 11 is 4.84. The zero-order valence-electron chi connectivity index (χ0n) is 12.1. The SMILES string of the molecule is Cc1cc(Br)cc(C)c1NC(=O)c1ccc2nc(N)sc2c1. The number of nitrogen functional groups attached to an aromatic ring is 1. The van der Waals surface area contributed by atoms with Crippen LogP contribution < -0.4 is 11.1 Å². The molecule has 0 aliphatic heterocycles. The Kier molecular flexibility index (Phi) is 3.88. The van der Waals surface area contributed by atoms with Crippen LogP contribution in [0.3, 0.4) is 0 Å². The second-order valence-electron chi connectivity index (χ2n) is 5.10. The summed E-state index contributed by atoms with van der Waals surface area (Å²) in [7, 11) is 0. The van der Waals surface area contributed by atoms with E-state index in [0.29, 0.717) is 10.7 Å². The minimum atomic E-state index is -0.137. The Balaban J connectivity index is 1.93. The van der Waals surface area contributed by atoms with Crippen LogP contribution in [0.5, 0.6) is 0 Å². The van der Waals surface area contributed by atoms with Crippen molar-refractivity contribution >= 4 is 54.2 Å². The van der Waals surface area contributed by atoms with E-state index in [0.717, 1.165) is 31.5 Å². The number of aromatic nitrogens is 1. The van der Waals surface area contributed by atoms with Crippen molar-refractivity contribution in [2.75, 3.05) is 11.1 Å². The molecule has 0 saturated carbocycles. The number of fused-ring (bicyclic) bond motifs is 1. The van der Waals surface area contributed by atoms with Crippen LogP contribution in [0, 0.1) is 13.8 Å². The van der Waals surface area contributed by atoms with Gasteiger partial charge in [0.25, 0.3) is 5.91 Å². The van der Waals surface area contributed by atoms with Crippen LogP contribution >= 0.6 is 27.3 Å². The normalized spacial score (nSPS) is 10.9. The lowest BCUT2D eigenvalue weighted by Crippen LogP contribution is -2.13. The quantitative estimate of drug-likeness (QED) is 0.692. The standard InChI is InChI=1S/C16H14BrN3OS/c1-8-5-11(17)6-9(2)14(8)20-15(21)10-3-4-12-13(7-10)22-16(18)19-12/h3-7H,1-2H3,(H2,18,19)(H,20,21). The minimum absolute atomic E-state index is 0.137. The van der Waals surface area contributed by atoms with Crippen LogP contribution in [-0.4, -0.2) is 10.9 Å². The Morgan fingerprint density at radius 3 is 2.59 bits per heavy atom. The van der Waals surface area contributed by atoms with Crippen LogP contribution in [-0.2, 0) is 0 Å². The molecule has 1 heterocycles. The number of hydrogen-bond acceptors (Lipinski definition) is 4. The highest BCUT2D eigenvalue weighted by Gasteiger charge is 2.12. The molecule has 0 fully saturated rings.